The van der Waals surface area contributed by atoms with Crippen molar-refractivity contribution in [2.45, 2.75) is 63.8 Å². The van der Waals surface area contributed by atoms with Crippen LogP contribution in [-0.4, -0.2) is 42.0 Å². The van der Waals surface area contributed by atoms with Gasteiger partial charge in [-0.1, -0.05) is 13.3 Å². The Bertz CT molecular complexity index is 349. The molecular formula is C14H24F3NO3. The van der Waals surface area contributed by atoms with Gasteiger partial charge in [0.25, 0.3) is 0 Å². The molecule has 21 heavy (non-hydrogen) atoms. The number of alkyl halides is 3. The summed E-state index contributed by atoms with van der Waals surface area (Å²) in [6.07, 6.45) is -3.08. The lowest BCUT2D eigenvalue weighted by molar-refractivity contribution is -0.215. The standard InChI is InChI=1S/C14H24F3NO3/c1-3-8-18-13(12(19)20)7-4-5-11(13)6-9-21-10(2)14(15,16)17/h10-11,18H,3-9H2,1-2H3,(H,19,20). The lowest BCUT2D eigenvalue weighted by Crippen LogP contribution is -2.55. The molecule has 0 aliphatic heterocycles. The smallest absolute Gasteiger partial charge is 0.414 e. The van der Waals surface area contributed by atoms with Crippen LogP contribution in [0.4, 0.5) is 13.2 Å². The number of rotatable bonds is 8. The zero-order valence-electron chi connectivity index (χ0n) is 12.5. The lowest BCUT2D eigenvalue weighted by atomic mass is 9.84. The van der Waals surface area contributed by atoms with Crippen LogP contribution in [0.2, 0.25) is 0 Å². The van der Waals surface area contributed by atoms with Crippen LogP contribution >= 0.6 is 0 Å². The second kappa shape index (κ2) is 7.45. The molecule has 7 heteroatoms. The van der Waals surface area contributed by atoms with Crippen LogP contribution in [0.25, 0.3) is 0 Å². The second-order valence-electron chi connectivity index (χ2n) is 5.64. The number of carboxylic acid groups (broad SMARTS) is 1. The van der Waals surface area contributed by atoms with Crippen LogP contribution in [0.15, 0.2) is 0 Å². The van der Waals surface area contributed by atoms with Crippen LogP contribution in [0.1, 0.15) is 46.0 Å². The molecule has 1 rings (SSSR count). The highest BCUT2D eigenvalue weighted by Gasteiger charge is 2.48. The van der Waals surface area contributed by atoms with E-state index in [4.69, 9.17) is 4.74 Å². The first-order valence-electron chi connectivity index (χ1n) is 7.40. The van der Waals surface area contributed by atoms with Gasteiger partial charge in [-0.3, -0.25) is 4.79 Å². The molecule has 0 saturated heterocycles. The Balaban J connectivity index is 2.57. The topological polar surface area (TPSA) is 58.6 Å². The number of hydrogen-bond donors (Lipinski definition) is 2. The van der Waals surface area contributed by atoms with E-state index in [0.29, 0.717) is 25.8 Å². The van der Waals surface area contributed by atoms with Crippen LogP contribution in [0, 0.1) is 5.92 Å². The normalized spacial score (nSPS) is 27.8. The summed E-state index contributed by atoms with van der Waals surface area (Å²) in [7, 11) is 0. The molecule has 1 aliphatic rings. The minimum atomic E-state index is -4.37. The Morgan fingerprint density at radius 1 is 1.52 bits per heavy atom. The molecule has 0 radical (unpaired) electrons. The molecule has 3 unspecified atom stereocenters. The molecule has 0 aromatic carbocycles. The Kier molecular flexibility index (Phi) is 6.46. The van der Waals surface area contributed by atoms with Crippen LogP contribution in [0.5, 0.6) is 0 Å². The van der Waals surface area contributed by atoms with Crippen molar-refractivity contribution in [1.29, 1.82) is 0 Å². The molecule has 2 N–H and O–H groups in total. The van der Waals surface area contributed by atoms with Crippen molar-refractivity contribution in [2.24, 2.45) is 5.92 Å². The van der Waals surface area contributed by atoms with Gasteiger partial charge in [0.05, 0.1) is 0 Å². The maximum Gasteiger partial charge on any atom is 0.414 e. The van der Waals surface area contributed by atoms with E-state index in [2.05, 4.69) is 5.32 Å². The van der Waals surface area contributed by atoms with E-state index >= 15 is 0 Å². The molecule has 0 aromatic rings. The van der Waals surface area contributed by atoms with Gasteiger partial charge in [-0.2, -0.15) is 13.2 Å². The molecule has 3 atom stereocenters. The second-order valence-corrected chi connectivity index (χ2v) is 5.64. The van der Waals surface area contributed by atoms with Crippen molar-refractivity contribution in [1.82, 2.24) is 5.32 Å². The van der Waals surface area contributed by atoms with Gasteiger partial charge in [-0.15, -0.1) is 0 Å². The molecule has 0 bridgehead atoms. The highest BCUT2D eigenvalue weighted by molar-refractivity contribution is 5.79. The molecule has 1 fully saturated rings. The molecule has 0 aromatic heterocycles. The highest BCUT2D eigenvalue weighted by Crippen LogP contribution is 2.38. The van der Waals surface area contributed by atoms with Gasteiger partial charge in [0, 0.05) is 6.61 Å². The largest absolute Gasteiger partial charge is 0.480 e. The quantitative estimate of drug-likeness (QED) is 0.723. The van der Waals surface area contributed by atoms with Gasteiger partial charge in [-0.05, 0) is 45.1 Å². The van der Waals surface area contributed by atoms with Crippen molar-refractivity contribution in [3.8, 4) is 0 Å². The number of nitrogens with one attached hydrogen (secondary N) is 1. The molecule has 1 saturated carbocycles. The maximum absolute atomic E-state index is 12.4. The summed E-state index contributed by atoms with van der Waals surface area (Å²) in [6.45, 7) is 3.42. The Morgan fingerprint density at radius 3 is 2.71 bits per heavy atom. The number of hydrogen-bond acceptors (Lipinski definition) is 3. The number of ether oxygens (including phenoxy) is 1. The molecule has 4 nitrogen and oxygen atoms in total. The fraction of sp³-hybridized carbons (Fsp3) is 0.929. The minimum absolute atomic E-state index is 0.0752. The van der Waals surface area contributed by atoms with Crippen molar-refractivity contribution < 1.29 is 27.8 Å². The first kappa shape index (κ1) is 18.2. The Hall–Kier alpha value is -0.820. The summed E-state index contributed by atoms with van der Waals surface area (Å²) in [5, 5.41) is 12.6. The van der Waals surface area contributed by atoms with Gasteiger partial charge in [-0.25, -0.2) is 0 Å². The van der Waals surface area contributed by atoms with Gasteiger partial charge >= 0.3 is 12.1 Å². The molecule has 124 valence electrons. The van der Waals surface area contributed by atoms with E-state index in [0.717, 1.165) is 19.8 Å². The Labute approximate surface area is 123 Å². The number of halogens is 3. The van der Waals surface area contributed by atoms with Crippen molar-refractivity contribution in [3.05, 3.63) is 0 Å². The summed E-state index contributed by atoms with van der Waals surface area (Å²) in [4.78, 5) is 11.6. The third-order valence-electron chi connectivity index (χ3n) is 4.19. The SMILES string of the molecule is CCCNC1(C(=O)O)CCCC1CCOC(C)C(F)(F)F. The van der Waals surface area contributed by atoms with Crippen molar-refractivity contribution >= 4 is 5.97 Å². The molecule has 0 amide bonds. The summed E-state index contributed by atoms with van der Waals surface area (Å²) < 4.78 is 41.9. The van der Waals surface area contributed by atoms with Gasteiger partial charge < -0.3 is 15.2 Å². The summed E-state index contributed by atoms with van der Waals surface area (Å²) in [5.74, 6) is -1.11. The molecule has 0 heterocycles. The zero-order chi connectivity index (χ0) is 16.1. The van der Waals surface area contributed by atoms with Crippen LogP contribution in [0.3, 0.4) is 0 Å². The first-order chi connectivity index (χ1) is 9.74. The molecule has 1 aliphatic carbocycles. The number of carboxylic acids is 1. The summed E-state index contributed by atoms with van der Waals surface area (Å²) >= 11 is 0. The fourth-order valence-electron chi connectivity index (χ4n) is 2.89. The monoisotopic (exact) mass is 311 g/mol. The Morgan fingerprint density at radius 2 is 2.19 bits per heavy atom. The predicted octanol–water partition coefficient (Wildman–Crippen LogP) is 2.97. The van der Waals surface area contributed by atoms with E-state index in [1.54, 1.807) is 0 Å². The average molecular weight is 311 g/mol. The fourth-order valence-corrected chi connectivity index (χ4v) is 2.89. The average Bonchev–Trinajstić information content (AvgIpc) is 2.79. The number of aliphatic carboxylic acids is 1. The summed E-state index contributed by atoms with van der Waals surface area (Å²) in [6, 6.07) is 0. The minimum Gasteiger partial charge on any atom is -0.480 e. The number of carbonyl (C=O) groups is 1. The van der Waals surface area contributed by atoms with Crippen molar-refractivity contribution in [2.75, 3.05) is 13.2 Å². The van der Waals surface area contributed by atoms with E-state index in [9.17, 15) is 23.1 Å². The first-order valence-corrected chi connectivity index (χ1v) is 7.40. The molecular weight excluding hydrogens is 287 g/mol. The zero-order valence-corrected chi connectivity index (χ0v) is 12.5. The van der Waals surface area contributed by atoms with Gasteiger partial charge in [0.1, 0.15) is 5.54 Å². The van der Waals surface area contributed by atoms with Gasteiger partial charge in [0.15, 0.2) is 6.10 Å². The van der Waals surface area contributed by atoms with E-state index < -0.39 is 23.8 Å². The van der Waals surface area contributed by atoms with Crippen LogP contribution in [-0.2, 0) is 9.53 Å². The summed E-state index contributed by atoms with van der Waals surface area (Å²) in [5.41, 5.74) is -1.01. The maximum atomic E-state index is 12.4. The van der Waals surface area contributed by atoms with E-state index in [-0.39, 0.29) is 12.5 Å². The molecule has 0 spiro atoms. The third-order valence-corrected chi connectivity index (χ3v) is 4.19. The van der Waals surface area contributed by atoms with Gasteiger partial charge in [0.2, 0.25) is 0 Å². The highest BCUT2D eigenvalue weighted by atomic mass is 19.4. The van der Waals surface area contributed by atoms with Crippen LogP contribution < -0.4 is 5.32 Å². The van der Waals surface area contributed by atoms with E-state index in [1.807, 2.05) is 6.92 Å². The predicted molar refractivity (Wildman–Crippen MR) is 72.1 cm³/mol. The third kappa shape index (κ3) is 4.57. The van der Waals surface area contributed by atoms with Crippen molar-refractivity contribution in [3.63, 3.8) is 0 Å². The lowest BCUT2D eigenvalue weighted by Gasteiger charge is -2.33. The van der Waals surface area contributed by atoms with E-state index in [1.165, 1.54) is 0 Å².